The molecule has 2 N–H and O–H groups in total. The maximum atomic E-state index is 13.2. The van der Waals surface area contributed by atoms with Gasteiger partial charge < -0.3 is 10.1 Å². The highest BCUT2D eigenvalue weighted by Crippen LogP contribution is 2.26. The summed E-state index contributed by atoms with van der Waals surface area (Å²) in [6, 6.07) is 8.78. The maximum Gasteiger partial charge on any atom is 0.573 e. The molecule has 4 amide bonds. The third-order valence-corrected chi connectivity index (χ3v) is 4.40. The Kier molecular flexibility index (Phi) is 6.23. The second kappa shape index (κ2) is 8.70. The molecule has 0 saturated carbocycles. The summed E-state index contributed by atoms with van der Waals surface area (Å²) >= 11 is 0. The number of halogens is 4. The molecule has 0 radical (unpaired) electrons. The van der Waals surface area contributed by atoms with Crippen LogP contribution < -0.4 is 15.4 Å². The van der Waals surface area contributed by atoms with Crippen molar-refractivity contribution in [1.82, 2.24) is 15.1 Å². The fourth-order valence-electron chi connectivity index (χ4n) is 3.06. The number of hydrogen-bond acceptors (Lipinski definition) is 4. The van der Waals surface area contributed by atoms with E-state index in [4.69, 9.17) is 0 Å². The first-order valence-corrected chi connectivity index (χ1v) is 9.30. The van der Waals surface area contributed by atoms with E-state index in [-0.39, 0.29) is 12.2 Å². The van der Waals surface area contributed by atoms with Gasteiger partial charge >= 0.3 is 18.4 Å². The second-order valence-electron chi connectivity index (χ2n) is 7.07. The number of amides is 4. The number of nitrogens with one attached hydrogen (secondary N) is 2. The number of carbonyl (C=O) groups is 2. The molecule has 0 bridgehead atoms. The molecule has 166 valence electrons. The van der Waals surface area contributed by atoms with Crippen molar-refractivity contribution in [3.05, 3.63) is 59.9 Å². The molecule has 31 heavy (non-hydrogen) atoms. The number of ether oxygens (including phenoxy) is 1. The zero-order valence-electron chi connectivity index (χ0n) is 16.6. The van der Waals surface area contributed by atoms with Crippen LogP contribution in [0.4, 0.5) is 32.8 Å². The van der Waals surface area contributed by atoms with Crippen LogP contribution >= 0.6 is 0 Å². The van der Waals surface area contributed by atoms with E-state index >= 15 is 0 Å². The summed E-state index contributed by atoms with van der Waals surface area (Å²) in [4.78, 5) is 27.8. The maximum absolute atomic E-state index is 13.2. The van der Waals surface area contributed by atoms with Gasteiger partial charge in [-0.25, -0.2) is 18.9 Å². The third kappa shape index (κ3) is 5.56. The van der Waals surface area contributed by atoms with Gasteiger partial charge in [-0.05, 0) is 43.7 Å². The lowest BCUT2D eigenvalue weighted by Crippen LogP contribution is -2.68. The van der Waals surface area contributed by atoms with Crippen LogP contribution in [0.5, 0.6) is 5.75 Å². The molecule has 0 aliphatic carbocycles. The Morgan fingerprint density at radius 3 is 2.42 bits per heavy atom. The van der Waals surface area contributed by atoms with Gasteiger partial charge in [0.05, 0.1) is 6.54 Å². The number of benzene rings is 2. The molecule has 2 aromatic rings. The normalized spacial score (nSPS) is 17.1. The minimum Gasteiger partial charge on any atom is -0.406 e. The SMILES string of the molecule is CC(C)N1C(=O)NC(Nc2cccc(OC(F)(F)F)c2)N(Cc2ccc(F)cc2)C1=O. The predicted molar refractivity (Wildman–Crippen MR) is 103 cm³/mol. The average Bonchev–Trinajstić information content (AvgIpc) is 2.65. The van der Waals surface area contributed by atoms with Crippen LogP contribution in [0.3, 0.4) is 0 Å². The zero-order valence-corrected chi connectivity index (χ0v) is 16.6. The highest BCUT2D eigenvalue weighted by Gasteiger charge is 2.40. The van der Waals surface area contributed by atoms with Crippen LogP contribution in [0.2, 0.25) is 0 Å². The molecule has 11 heteroatoms. The van der Waals surface area contributed by atoms with E-state index in [1.807, 2.05) is 0 Å². The van der Waals surface area contributed by atoms with Crippen molar-refractivity contribution in [2.45, 2.75) is 39.1 Å². The van der Waals surface area contributed by atoms with Crippen molar-refractivity contribution in [2.75, 3.05) is 5.32 Å². The quantitative estimate of drug-likeness (QED) is 0.650. The van der Waals surface area contributed by atoms with E-state index in [9.17, 15) is 27.2 Å². The Bertz CT molecular complexity index is 950. The van der Waals surface area contributed by atoms with Crippen LogP contribution in [0.15, 0.2) is 48.5 Å². The van der Waals surface area contributed by atoms with Crippen LogP contribution in [0.25, 0.3) is 0 Å². The minimum absolute atomic E-state index is 0.0129. The van der Waals surface area contributed by atoms with Gasteiger partial charge in [0.25, 0.3) is 0 Å². The lowest BCUT2D eigenvalue weighted by Gasteiger charge is -2.42. The van der Waals surface area contributed by atoms with E-state index in [1.54, 1.807) is 13.8 Å². The smallest absolute Gasteiger partial charge is 0.406 e. The molecule has 1 atom stereocenters. The Morgan fingerprint density at radius 2 is 1.81 bits per heavy atom. The summed E-state index contributed by atoms with van der Waals surface area (Å²) in [5.74, 6) is -0.901. The predicted octanol–water partition coefficient (Wildman–Crippen LogP) is 4.48. The van der Waals surface area contributed by atoms with Crippen molar-refractivity contribution in [3.8, 4) is 5.75 Å². The topological polar surface area (TPSA) is 73.9 Å². The fourth-order valence-corrected chi connectivity index (χ4v) is 3.06. The number of anilines is 1. The van der Waals surface area contributed by atoms with Gasteiger partial charge in [0.15, 0.2) is 6.29 Å². The van der Waals surface area contributed by atoms with Crippen molar-refractivity contribution in [3.63, 3.8) is 0 Å². The molecule has 1 heterocycles. The van der Waals surface area contributed by atoms with Crippen LogP contribution in [0.1, 0.15) is 19.4 Å². The average molecular weight is 440 g/mol. The number of nitrogens with zero attached hydrogens (tertiary/aromatic N) is 2. The Labute approximate surface area is 175 Å². The number of carbonyl (C=O) groups excluding carboxylic acids is 2. The zero-order chi connectivity index (χ0) is 22.8. The van der Waals surface area contributed by atoms with E-state index in [0.29, 0.717) is 5.56 Å². The van der Waals surface area contributed by atoms with E-state index in [1.165, 1.54) is 41.3 Å². The molecule has 1 unspecified atom stereocenters. The number of alkyl halides is 3. The summed E-state index contributed by atoms with van der Waals surface area (Å²) in [6.45, 7) is 3.34. The molecule has 1 fully saturated rings. The number of hydrogen-bond donors (Lipinski definition) is 2. The molecular weight excluding hydrogens is 420 g/mol. The molecule has 1 saturated heterocycles. The Hall–Kier alpha value is -3.50. The first-order chi connectivity index (χ1) is 14.5. The van der Waals surface area contributed by atoms with Crippen molar-refractivity contribution in [2.24, 2.45) is 0 Å². The first kappa shape index (κ1) is 22.2. The first-order valence-electron chi connectivity index (χ1n) is 9.30. The molecule has 0 spiro atoms. The van der Waals surface area contributed by atoms with Crippen LogP contribution in [-0.2, 0) is 6.54 Å². The van der Waals surface area contributed by atoms with Gasteiger partial charge in [-0.2, -0.15) is 0 Å². The lowest BCUT2D eigenvalue weighted by atomic mass is 10.2. The number of urea groups is 2. The summed E-state index contributed by atoms with van der Waals surface area (Å²) in [6.07, 6.45) is -5.93. The van der Waals surface area contributed by atoms with Gasteiger partial charge in [-0.15, -0.1) is 13.2 Å². The monoisotopic (exact) mass is 440 g/mol. The standard InChI is InChI=1S/C20H20F4N4O3/c1-12(2)28-18(29)26-17(25-15-4-3-5-16(10-15)31-20(22,23)24)27(19(28)30)11-13-6-8-14(21)9-7-13/h3-10,12,17,25H,11H2,1-2H3,(H,26,29). The number of rotatable bonds is 6. The molecular formula is C20H20F4N4O3. The van der Waals surface area contributed by atoms with E-state index in [0.717, 1.165) is 17.0 Å². The number of imide groups is 1. The van der Waals surface area contributed by atoms with Crippen molar-refractivity contribution < 1.29 is 31.9 Å². The van der Waals surface area contributed by atoms with Crippen molar-refractivity contribution >= 4 is 17.7 Å². The summed E-state index contributed by atoms with van der Waals surface area (Å²) < 4.78 is 54.6. The minimum atomic E-state index is -4.86. The van der Waals surface area contributed by atoms with E-state index < -0.39 is 42.3 Å². The summed E-state index contributed by atoms with van der Waals surface area (Å²) in [5, 5.41) is 5.45. The lowest BCUT2D eigenvalue weighted by molar-refractivity contribution is -0.274. The van der Waals surface area contributed by atoms with Gasteiger partial charge in [-0.1, -0.05) is 18.2 Å². The van der Waals surface area contributed by atoms with E-state index in [2.05, 4.69) is 15.4 Å². The Balaban J connectivity index is 1.86. The van der Waals surface area contributed by atoms with Gasteiger partial charge in [0.1, 0.15) is 11.6 Å². The molecule has 1 aliphatic heterocycles. The molecule has 2 aromatic carbocycles. The fraction of sp³-hybridized carbons (Fsp3) is 0.300. The molecule has 0 aromatic heterocycles. The van der Waals surface area contributed by atoms with Crippen LogP contribution in [-0.4, -0.2) is 40.6 Å². The van der Waals surface area contributed by atoms with Gasteiger partial charge in [0.2, 0.25) is 0 Å². The highest BCUT2D eigenvalue weighted by atomic mass is 19.4. The van der Waals surface area contributed by atoms with Crippen LogP contribution in [0, 0.1) is 5.82 Å². The summed E-state index contributed by atoms with van der Waals surface area (Å²) in [7, 11) is 0. The molecule has 3 rings (SSSR count). The largest absolute Gasteiger partial charge is 0.573 e. The second-order valence-corrected chi connectivity index (χ2v) is 7.07. The molecule has 1 aliphatic rings. The highest BCUT2D eigenvalue weighted by molar-refractivity contribution is 5.96. The van der Waals surface area contributed by atoms with Crippen molar-refractivity contribution in [1.29, 1.82) is 0 Å². The Morgan fingerprint density at radius 1 is 1.13 bits per heavy atom. The summed E-state index contributed by atoms with van der Waals surface area (Å²) in [5.41, 5.74) is 0.775. The third-order valence-electron chi connectivity index (χ3n) is 4.40. The molecule has 7 nitrogen and oxygen atoms in total. The van der Waals surface area contributed by atoms with Gasteiger partial charge in [0, 0.05) is 17.8 Å². The van der Waals surface area contributed by atoms with Gasteiger partial charge in [-0.3, -0.25) is 10.2 Å².